The third kappa shape index (κ3) is 3.01. The Labute approximate surface area is 124 Å². The maximum atomic E-state index is 12.4. The van der Waals surface area contributed by atoms with E-state index in [2.05, 4.69) is 9.71 Å². The number of nitrogens with zero attached hydrogens (tertiary/aromatic N) is 1. The highest BCUT2D eigenvalue weighted by molar-refractivity contribution is 7.89. The molecule has 112 valence electrons. The maximum Gasteiger partial charge on any atom is 0.240 e. The van der Waals surface area contributed by atoms with Crippen LogP contribution >= 0.6 is 0 Å². The van der Waals surface area contributed by atoms with Crippen LogP contribution in [0.3, 0.4) is 0 Å². The van der Waals surface area contributed by atoms with Crippen molar-refractivity contribution < 1.29 is 12.8 Å². The number of benzene rings is 1. The number of aromatic nitrogens is 1. The number of oxazole rings is 1. The average molecular weight is 306 g/mol. The van der Waals surface area contributed by atoms with E-state index in [0.717, 1.165) is 24.8 Å². The third-order valence-electron chi connectivity index (χ3n) is 3.90. The van der Waals surface area contributed by atoms with Crippen molar-refractivity contribution in [2.45, 2.75) is 44.0 Å². The van der Waals surface area contributed by atoms with Gasteiger partial charge in [0.15, 0.2) is 6.39 Å². The molecule has 5 nitrogen and oxygen atoms in total. The molecule has 0 atom stereocenters. The predicted octanol–water partition coefficient (Wildman–Crippen LogP) is 2.34. The van der Waals surface area contributed by atoms with E-state index in [4.69, 9.17) is 4.42 Å². The van der Waals surface area contributed by atoms with E-state index in [0.29, 0.717) is 16.3 Å². The van der Waals surface area contributed by atoms with Gasteiger partial charge in [-0.3, -0.25) is 0 Å². The topological polar surface area (TPSA) is 72.2 Å². The molecular formula is C15H18N2O3S. The number of hydrogen-bond donors (Lipinski definition) is 1. The number of rotatable bonds is 4. The van der Waals surface area contributed by atoms with Crippen LogP contribution in [0.5, 0.6) is 0 Å². The molecule has 21 heavy (non-hydrogen) atoms. The van der Waals surface area contributed by atoms with E-state index in [-0.39, 0.29) is 6.54 Å². The summed E-state index contributed by atoms with van der Waals surface area (Å²) < 4.78 is 32.4. The first-order chi connectivity index (χ1) is 10.1. The molecule has 0 radical (unpaired) electrons. The molecule has 2 aromatic rings. The Bertz CT molecular complexity index is 750. The second-order valence-electron chi connectivity index (χ2n) is 5.32. The van der Waals surface area contributed by atoms with E-state index in [1.807, 2.05) is 6.07 Å². The summed E-state index contributed by atoms with van der Waals surface area (Å²) in [6, 6.07) is 5.41. The van der Waals surface area contributed by atoms with Crippen LogP contribution in [0.25, 0.3) is 0 Å². The van der Waals surface area contributed by atoms with E-state index in [9.17, 15) is 8.42 Å². The highest BCUT2D eigenvalue weighted by Gasteiger charge is 2.18. The van der Waals surface area contributed by atoms with E-state index in [1.165, 1.54) is 18.4 Å². The quantitative estimate of drug-likeness (QED) is 0.941. The second-order valence-corrected chi connectivity index (χ2v) is 7.09. The molecule has 1 aromatic carbocycles. The smallest absolute Gasteiger partial charge is 0.240 e. The lowest BCUT2D eigenvalue weighted by atomic mass is 9.92. The zero-order valence-electron chi connectivity index (χ0n) is 11.9. The summed E-state index contributed by atoms with van der Waals surface area (Å²) in [7, 11) is -3.52. The predicted molar refractivity (Wildman–Crippen MR) is 78.3 cm³/mol. The van der Waals surface area contributed by atoms with E-state index in [1.54, 1.807) is 19.1 Å². The Balaban J connectivity index is 1.80. The van der Waals surface area contributed by atoms with Crippen molar-refractivity contribution in [3.63, 3.8) is 0 Å². The van der Waals surface area contributed by atoms with Crippen LogP contribution in [0.15, 0.2) is 33.9 Å². The van der Waals surface area contributed by atoms with Gasteiger partial charge >= 0.3 is 0 Å². The highest BCUT2D eigenvalue weighted by atomic mass is 32.2. The summed E-state index contributed by atoms with van der Waals surface area (Å²) in [5.41, 5.74) is 3.12. The van der Waals surface area contributed by atoms with Crippen molar-refractivity contribution in [1.82, 2.24) is 9.71 Å². The second kappa shape index (κ2) is 5.61. The van der Waals surface area contributed by atoms with Gasteiger partial charge in [0.1, 0.15) is 5.76 Å². The third-order valence-corrected chi connectivity index (χ3v) is 5.30. The molecule has 0 aliphatic heterocycles. The van der Waals surface area contributed by atoms with Gasteiger partial charge in [-0.15, -0.1) is 0 Å². The van der Waals surface area contributed by atoms with Gasteiger partial charge in [-0.1, -0.05) is 6.07 Å². The number of fused-ring (bicyclic) bond motifs is 1. The Morgan fingerprint density at radius 1 is 1.24 bits per heavy atom. The van der Waals surface area contributed by atoms with Crippen LogP contribution in [-0.4, -0.2) is 13.4 Å². The van der Waals surface area contributed by atoms with Crippen molar-refractivity contribution in [1.29, 1.82) is 0 Å². The molecule has 1 heterocycles. The van der Waals surface area contributed by atoms with Crippen molar-refractivity contribution in [3.8, 4) is 0 Å². The lowest BCUT2D eigenvalue weighted by Gasteiger charge is -2.16. The average Bonchev–Trinajstić information content (AvgIpc) is 2.90. The van der Waals surface area contributed by atoms with Crippen LogP contribution in [0.1, 0.15) is 35.4 Å². The minimum absolute atomic E-state index is 0.116. The molecular weight excluding hydrogens is 288 g/mol. The molecule has 0 saturated heterocycles. The molecule has 0 unspecified atom stereocenters. The normalized spacial score (nSPS) is 14.9. The summed E-state index contributed by atoms with van der Waals surface area (Å²) >= 11 is 0. The first-order valence-corrected chi connectivity index (χ1v) is 8.55. The van der Waals surface area contributed by atoms with Gasteiger partial charge in [-0.25, -0.2) is 18.1 Å². The molecule has 1 N–H and O–H groups in total. The minimum atomic E-state index is -3.52. The van der Waals surface area contributed by atoms with Gasteiger partial charge in [-0.2, -0.15) is 0 Å². The van der Waals surface area contributed by atoms with Crippen LogP contribution in [-0.2, 0) is 29.4 Å². The molecule has 3 rings (SSSR count). The molecule has 0 fully saturated rings. The molecule has 1 aromatic heterocycles. The molecule has 0 spiro atoms. The van der Waals surface area contributed by atoms with Gasteiger partial charge in [0, 0.05) is 0 Å². The van der Waals surface area contributed by atoms with Crippen LogP contribution in [0.2, 0.25) is 0 Å². The van der Waals surface area contributed by atoms with Crippen molar-refractivity contribution >= 4 is 10.0 Å². The summed E-state index contributed by atoms with van der Waals surface area (Å²) in [5, 5.41) is 0. The summed E-state index contributed by atoms with van der Waals surface area (Å²) in [6.07, 6.45) is 5.63. The Morgan fingerprint density at radius 2 is 2.00 bits per heavy atom. The first-order valence-electron chi connectivity index (χ1n) is 7.07. The maximum absolute atomic E-state index is 12.4. The van der Waals surface area contributed by atoms with Crippen molar-refractivity contribution in [2.24, 2.45) is 0 Å². The fraction of sp³-hybridized carbons (Fsp3) is 0.400. The molecule has 0 bridgehead atoms. The number of hydrogen-bond acceptors (Lipinski definition) is 4. The van der Waals surface area contributed by atoms with Gasteiger partial charge in [0.2, 0.25) is 10.0 Å². The zero-order valence-corrected chi connectivity index (χ0v) is 12.7. The lowest BCUT2D eigenvalue weighted by Crippen LogP contribution is -2.23. The van der Waals surface area contributed by atoms with Gasteiger partial charge in [0.05, 0.1) is 17.1 Å². The highest BCUT2D eigenvalue weighted by Crippen LogP contribution is 2.24. The van der Waals surface area contributed by atoms with Gasteiger partial charge in [-0.05, 0) is 55.9 Å². The molecule has 1 aliphatic carbocycles. The van der Waals surface area contributed by atoms with Crippen LogP contribution < -0.4 is 4.72 Å². The minimum Gasteiger partial charge on any atom is -0.447 e. The lowest BCUT2D eigenvalue weighted by molar-refractivity contribution is 0.492. The Kier molecular flexibility index (Phi) is 3.82. The van der Waals surface area contributed by atoms with Gasteiger partial charge in [0.25, 0.3) is 0 Å². The fourth-order valence-corrected chi connectivity index (χ4v) is 3.65. The standard InChI is InChI=1S/C15H18N2O3S/c1-11-15(20-10-16-11)9-17-21(18,19)14-7-6-12-4-2-3-5-13(12)8-14/h6-8,10,17H,2-5,9H2,1H3. The van der Waals surface area contributed by atoms with Gasteiger partial charge < -0.3 is 4.42 Å². The summed E-state index contributed by atoms with van der Waals surface area (Å²) in [5.74, 6) is 0.538. The van der Waals surface area contributed by atoms with E-state index >= 15 is 0 Å². The number of aryl methyl sites for hydroxylation is 3. The largest absolute Gasteiger partial charge is 0.447 e. The van der Waals surface area contributed by atoms with Crippen LogP contribution in [0, 0.1) is 6.92 Å². The Morgan fingerprint density at radius 3 is 2.71 bits per heavy atom. The molecule has 1 aliphatic rings. The number of sulfonamides is 1. The first kappa shape index (κ1) is 14.3. The summed E-state index contributed by atoms with van der Waals surface area (Å²) in [6.45, 7) is 1.90. The van der Waals surface area contributed by atoms with E-state index < -0.39 is 10.0 Å². The SMILES string of the molecule is Cc1ncoc1CNS(=O)(=O)c1ccc2c(c1)CCCC2. The van der Waals surface area contributed by atoms with Crippen molar-refractivity contribution in [3.05, 3.63) is 47.2 Å². The molecule has 0 amide bonds. The fourth-order valence-electron chi connectivity index (χ4n) is 2.62. The summed E-state index contributed by atoms with van der Waals surface area (Å²) in [4.78, 5) is 4.27. The molecule has 6 heteroatoms. The molecule has 0 saturated carbocycles. The zero-order chi connectivity index (χ0) is 14.9. The van der Waals surface area contributed by atoms with Crippen molar-refractivity contribution in [2.75, 3.05) is 0 Å². The number of nitrogens with one attached hydrogen (secondary N) is 1. The van der Waals surface area contributed by atoms with Crippen LogP contribution in [0.4, 0.5) is 0 Å². The monoisotopic (exact) mass is 306 g/mol. The Hall–Kier alpha value is -1.66.